The summed E-state index contributed by atoms with van der Waals surface area (Å²) in [6.07, 6.45) is 0. The van der Waals surface area contributed by atoms with E-state index < -0.39 is 47.2 Å². The van der Waals surface area contributed by atoms with E-state index in [2.05, 4.69) is 0 Å². The number of halogens is 3. The summed E-state index contributed by atoms with van der Waals surface area (Å²) in [6, 6.07) is 5.01. The molecule has 0 fully saturated rings. The van der Waals surface area contributed by atoms with Crippen LogP contribution < -0.4 is 9.86 Å². The molecule has 2 aromatic carbocycles. The molecule has 0 aliphatic heterocycles. The predicted octanol–water partition coefficient (Wildman–Crippen LogP) is 2.07. The molecule has 23 heavy (non-hydrogen) atoms. The van der Waals surface area contributed by atoms with Crippen LogP contribution >= 0.6 is 11.6 Å². The van der Waals surface area contributed by atoms with Gasteiger partial charge in [0.15, 0.2) is 0 Å². The minimum absolute atomic E-state index is 0.263. The molecule has 11 heteroatoms. The second-order valence-corrected chi connectivity index (χ2v) is 7.99. The maximum absolute atomic E-state index is 13.9. The van der Waals surface area contributed by atoms with E-state index in [1.807, 2.05) is 4.72 Å². The van der Waals surface area contributed by atoms with E-state index in [0.717, 1.165) is 24.3 Å². The Morgan fingerprint density at radius 3 is 2.22 bits per heavy atom. The van der Waals surface area contributed by atoms with Crippen LogP contribution in [0.2, 0.25) is 5.02 Å². The van der Waals surface area contributed by atoms with Gasteiger partial charge in [-0.05, 0) is 36.4 Å². The Morgan fingerprint density at radius 1 is 1.00 bits per heavy atom. The summed E-state index contributed by atoms with van der Waals surface area (Å²) in [5, 5.41) is 4.57. The van der Waals surface area contributed by atoms with Gasteiger partial charge in [-0.15, -0.1) is 0 Å². The van der Waals surface area contributed by atoms with Gasteiger partial charge in [-0.3, -0.25) is 4.72 Å². The number of hydrogen-bond acceptors (Lipinski definition) is 4. The Labute approximate surface area is 136 Å². The fourth-order valence-corrected chi connectivity index (χ4v) is 3.74. The van der Waals surface area contributed by atoms with Gasteiger partial charge in [0.2, 0.25) is 10.0 Å². The first-order chi connectivity index (χ1) is 10.5. The van der Waals surface area contributed by atoms with Gasteiger partial charge in [-0.2, -0.15) is 0 Å². The molecule has 0 saturated heterocycles. The van der Waals surface area contributed by atoms with Crippen molar-refractivity contribution in [3.8, 4) is 0 Å². The van der Waals surface area contributed by atoms with Gasteiger partial charge in [-0.1, -0.05) is 11.6 Å². The lowest BCUT2D eigenvalue weighted by Crippen LogP contribution is -2.16. The van der Waals surface area contributed by atoms with E-state index in [-0.39, 0.29) is 5.02 Å². The number of primary sulfonamides is 1. The van der Waals surface area contributed by atoms with Crippen molar-refractivity contribution in [3.63, 3.8) is 0 Å². The summed E-state index contributed by atoms with van der Waals surface area (Å²) in [6.45, 7) is 0. The lowest BCUT2D eigenvalue weighted by Gasteiger charge is -2.11. The van der Waals surface area contributed by atoms with E-state index >= 15 is 0 Å². The molecule has 124 valence electrons. The lowest BCUT2D eigenvalue weighted by atomic mass is 10.3. The maximum Gasteiger partial charge on any atom is 0.263 e. The molecule has 2 aromatic rings. The lowest BCUT2D eigenvalue weighted by molar-refractivity contribution is 0.591. The van der Waals surface area contributed by atoms with Crippen molar-refractivity contribution in [2.24, 2.45) is 5.14 Å². The summed E-state index contributed by atoms with van der Waals surface area (Å²) in [4.78, 5) is -1.11. The van der Waals surface area contributed by atoms with Gasteiger partial charge in [0, 0.05) is 0 Å². The van der Waals surface area contributed by atoms with E-state index in [0.29, 0.717) is 12.1 Å². The highest BCUT2D eigenvalue weighted by Gasteiger charge is 2.21. The van der Waals surface area contributed by atoms with E-state index in [9.17, 15) is 25.6 Å². The average molecular weight is 383 g/mol. The highest BCUT2D eigenvalue weighted by atomic mass is 35.5. The van der Waals surface area contributed by atoms with Crippen molar-refractivity contribution >= 4 is 37.3 Å². The number of hydrogen-bond donors (Lipinski definition) is 2. The first-order valence-electron chi connectivity index (χ1n) is 5.81. The summed E-state index contributed by atoms with van der Waals surface area (Å²) in [5.74, 6) is -2.02. The monoisotopic (exact) mass is 382 g/mol. The number of anilines is 1. The molecule has 0 atom stereocenters. The number of benzene rings is 2. The van der Waals surface area contributed by atoms with Crippen LogP contribution in [-0.2, 0) is 20.0 Å². The van der Waals surface area contributed by atoms with Crippen LogP contribution in [0.5, 0.6) is 0 Å². The van der Waals surface area contributed by atoms with Gasteiger partial charge < -0.3 is 0 Å². The second-order valence-electron chi connectivity index (χ2n) is 4.37. The predicted molar refractivity (Wildman–Crippen MR) is 80.0 cm³/mol. The first-order valence-corrected chi connectivity index (χ1v) is 9.22. The molecule has 0 bridgehead atoms. The third-order valence-electron chi connectivity index (χ3n) is 2.70. The maximum atomic E-state index is 13.9. The fourth-order valence-electron chi connectivity index (χ4n) is 1.64. The van der Waals surface area contributed by atoms with Crippen molar-refractivity contribution in [1.82, 2.24) is 0 Å². The third kappa shape index (κ3) is 3.96. The molecule has 3 N–H and O–H groups in total. The van der Waals surface area contributed by atoms with Crippen molar-refractivity contribution in [1.29, 1.82) is 0 Å². The Kier molecular flexibility index (Phi) is 4.62. The molecule has 0 heterocycles. The first kappa shape index (κ1) is 17.6. The molecule has 6 nitrogen and oxygen atoms in total. The molecule has 0 aliphatic carbocycles. The van der Waals surface area contributed by atoms with Crippen LogP contribution in [0, 0.1) is 11.6 Å². The standard InChI is InChI=1S/C12H9ClF2N2O4S2/c13-9-3-1-7(14)5-12(9)23(20,21)17-11-4-2-8(6-10(11)15)22(16,18)19/h1-6,17H,(H2,16,18,19). The van der Waals surface area contributed by atoms with Crippen LogP contribution in [0.25, 0.3) is 0 Å². The van der Waals surface area contributed by atoms with E-state index in [4.69, 9.17) is 16.7 Å². The second kappa shape index (κ2) is 6.04. The fraction of sp³-hybridized carbons (Fsp3) is 0. The quantitative estimate of drug-likeness (QED) is 0.844. The van der Waals surface area contributed by atoms with Gasteiger partial charge in [-0.25, -0.2) is 30.8 Å². The van der Waals surface area contributed by atoms with Crippen molar-refractivity contribution < 1.29 is 25.6 Å². The molecule has 0 amide bonds. The molecule has 0 saturated carbocycles. The Hall–Kier alpha value is -1.75. The van der Waals surface area contributed by atoms with Gasteiger partial charge in [0.05, 0.1) is 15.6 Å². The Morgan fingerprint density at radius 2 is 1.65 bits per heavy atom. The minimum Gasteiger partial charge on any atom is -0.277 e. The summed E-state index contributed by atoms with van der Waals surface area (Å²) in [5.41, 5.74) is -0.544. The normalized spacial score (nSPS) is 12.2. The number of nitrogens with one attached hydrogen (secondary N) is 1. The largest absolute Gasteiger partial charge is 0.277 e. The number of nitrogens with two attached hydrogens (primary N) is 1. The molecule has 2 rings (SSSR count). The molecule has 0 unspecified atom stereocenters. The van der Waals surface area contributed by atoms with Crippen LogP contribution in [0.4, 0.5) is 14.5 Å². The molecule has 0 radical (unpaired) electrons. The zero-order valence-electron chi connectivity index (χ0n) is 11.1. The number of sulfonamides is 2. The van der Waals surface area contributed by atoms with Crippen LogP contribution in [-0.4, -0.2) is 16.8 Å². The summed E-state index contributed by atoms with van der Waals surface area (Å²) in [7, 11) is -8.52. The van der Waals surface area contributed by atoms with Crippen molar-refractivity contribution in [2.45, 2.75) is 9.79 Å². The molecule has 0 spiro atoms. The highest BCUT2D eigenvalue weighted by Crippen LogP contribution is 2.26. The smallest absolute Gasteiger partial charge is 0.263 e. The Balaban J connectivity index is 2.44. The molecule has 0 aromatic heterocycles. The van der Waals surface area contributed by atoms with Gasteiger partial charge in [0.25, 0.3) is 10.0 Å². The highest BCUT2D eigenvalue weighted by molar-refractivity contribution is 7.92. The van der Waals surface area contributed by atoms with Crippen LogP contribution in [0.3, 0.4) is 0 Å². The minimum atomic E-state index is -4.38. The zero-order chi connectivity index (χ0) is 17.4. The van der Waals surface area contributed by atoms with Crippen LogP contribution in [0.1, 0.15) is 0 Å². The van der Waals surface area contributed by atoms with Gasteiger partial charge in [0.1, 0.15) is 16.5 Å². The summed E-state index contributed by atoms with van der Waals surface area (Å²) >= 11 is 5.70. The molecule has 0 aliphatic rings. The van der Waals surface area contributed by atoms with Gasteiger partial charge >= 0.3 is 0 Å². The van der Waals surface area contributed by atoms with E-state index in [1.54, 1.807) is 0 Å². The molecular weight excluding hydrogens is 374 g/mol. The third-order valence-corrected chi connectivity index (χ3v) is 5.45. The van der Waals surface area contributed by atoms with Crippen LogP contribution in [0.15, 0.2) is 46.2 Å². The zero-order valence-corrected chi connectivity index (χ0v) is 13.5. The SMILES string of the molecule is NS(=O)(=O)c1ccc(NS(=O)(=O)c2cc(F)ccc2Cl)c(F)c1. The Bertz CT molecular complexity index is 979. The number of rotatable bonds is 4. The van der Waals surface area contributed by atoms with Crippen molar-refractivity contribution in [3.05, 3.63) is 53.1 Å². The topological polar surface area (TPSA) is 106 Å². The van der Waals surface area contributed by atoms with E-state index in [1.165, 1.54) is 0 Å². The molecular formula is C12H9ClF2N2O4S2. The summed E-state index contributed by atoms with van der Waals surface area (Å²) < 4.78 is 75.4. The average Bonchev–Trinajstić information content (AvgIpc) is 2.42. The van der Waals surface area contributed by atoms with Crippen molar-refractivity contribution in [2.75, 3.05) is 4.72 Å².